The summed E-state index contributed by atoms with van der Waals surface area (Å²) >= 11 is 0. The predicted octanol–water partition coefficient (Wildman–Crippen LogP) is 2.51. The molecule has 0 aromatic carbocycles. The Kier molecular flexibility index (Phi) is 6.34. The monoisotopic (exact) mass is 171 g/mol. The van der Waals surface area contributed by atoms with E-state index in [2.05, 4.69) is 16.9 Å². The molecule has 0 rings (SSSR count). The maximum absolute atomic E-state index is 10.9. The van der Waals surface area contributed by atoms with Crippen molar-refractivity contribution >= 4 is 11.7 Å². The summed E-state index contributed by atoms with van der Waals surface area (Å²) < 4.78 is 0. The molecule has 0 unspecified atom stereocenters. The Morgan fingerprint density at radius 3 is 2.50 bits per heavy atom. The zero-order valence-electron chi connectivity index (χ0n) is 8.09. The van der Waals surface area contributed by atoms with Crippen LogP contribution in [0.3, 0.4) is 0 Å². The van der Waals surface area contributed by atoms with Gasteiger partial charge in [0.1, 0.15) is 0 Å². The van der Waals surface area contributed by atoms with Crippen molar-refractivity contribution in [2.45, 2.75) is 46.5 Å². The smallest absolute Gasteiger partial charge is 0.318 e. The lowest BCUT2D eigenvalue weighted by Gasteiger charge is -1.96. The van der Waals surface area contributed by atoms with Crippen molar-refractivity contribution in [3.05, 3.63) is 0 Å². The largest absolute Gasteiger partial charge is 0.335 e. The maximum atomic E-state index is 10.9. The van der Waals surface area contributed by atoms with Gasteiger partial charge in [-0.05, 0) is 20.3 Å². The molecule has 0 aromatic rings. The molecule has 0 amide bonds. The second kappa shape index (κ2) is 6.83. The first-order valence-corrected chi connectivity index (χ1v) is 4.38. The minimum Gasteiger partial charge on any atom is -0.318 e. The van der Waals surface area contributed by atoms with Crippen molar-refractivity contribution in [1.29, 1.82) is 0 Å². The summed E-state index contributed by atoms with van der Waals surface area (Å²) in [6.07, 6.45) is 3.56. The van der Waals surface area contributed by atoms with Crippen LogP contribution >= 0.6 is 0 Å². The van der Waals surface area contributed by atoms with Gasteiger partial charge in [0.15, 0.2) is 0 Å². The molecule has 70 valence electrons. The Morgan fingerprint density at radius 1 is 1.33 bits per heavy atom. The molecule has 0 fully saturated rings. The van der Waals surface area contributed by atoms with Gasteiger partial charge in [0, 0.05) is 6.42 Å². The molecule has 12 heavy (non-hydrogen) atoms. The van der Waals surface area contributed by atoms with Crippen molar-refractivity contribution in [2.24, 2.45) is 5.16 Å². The van der Waals surface area contributed by atoms with Crippen LogP contribution in [0.5, 0.6) is 0 Å². The first kappa shape index (κ1) is 11.1. The zero-order chi connectivity index (χ0) is 9.40. The van der Waals surface area contributed by atoms with Crippen LogP contribution in [-0.2, 0) is 9.63 Å². The molecule has 0 atom stereocenters. The normalized spacial score (nSPS) is 9.25. The van der Waals surface area contributed by atoms with Crippen LogP contribution in [0.4, 0.5) is 0 Å². The van der Waals surface area contributed by atoms with E-state index in [0.29, 0.717) is 6.42 Å². The molecule has 0 heterocycles. The highest BCUT2D eigenvalue weighted by atomic mass is 16.7. The van der Waals surface area contributed by atoms with E-state index in [1.54, 1.807) is 13.8 Å². The lowest BCUT2D eigenvalue weighted by atomic mass is 10.2. The molecule has 0 radical (unpaired) electrons. The average molecular weight is 171 g/mol. The number of unbranched alkanes of at least 4 members (excludes halogenated alkanes) is 2. The highest BCUT2D eigenvalue weighted by molar-refractivity contribution is 5.79. The Balaban J connectivity index is 3.41. The van der Waals surface area contributed by atoms with Crippen molar-refractivity contribution < 1.29 is 9.63 Å². The Bertz CT molecular complexity index is 160. The first-order valence-electron chi connectivity index (χ1n) is 4.38. The summed E-state index contributed by atoms with van der Waals surface area (Å²) in [6.45, 7) is 5.68. The minimum absolute atomic E-state index is 0.232. The molecule has 0 bridgehead atoms. The van der Waals surface area contributed by atoms with Gasteiger partial charge in [0.2, 0.25) is 0 Å². The molecule has 0 aliphatic heterocycles. The lowest BCUT2D eigenvalue weighted by Crippen LogP contribution is -2.00. The van der Waals surface area contributed by atoms with Gasteiger partial charge in [-0.1, -0.05) is 24.9 Å². The quantitative estimate of drug-likeness (QED) is 0.276. The van der Waals surface area contributed by atoms with Gasteiger partial charge in [-0.2, -0.15) is 0 Å². The molecule has 0 saturated carbocycles. The van der Waals surface area contributed by atoms with Crippen LogP contribution in [-0.4, -0.2) is 11.7 Å². The fraction of sp³-hybridized carbons (Fsp3) is 0.778. The number of nitrogens with zero attached hydrogens (tertiary/aromatic N) is 1. The van der Waals surface area contributed by atoms with E-state index in [1.807, 2.05) is 0 Å². The topological polar surface area (TPSA) is 38.7 Å². The van der Waals surface area contributed by atoms with Crippen LogP contribution in [0.1, 0.15) is 46.5 Å². The van der Waals surface area contributed by atoms with Gasteiger partial charge in [0.05, 0.1) is 5.71 Å². The van der Waals surface area contributed by atoms with Crippen molar-refractivity contribution in [3.63, 3.8) is 0 Å². The van der Waals surface area contributed by atoms with E-state index < -0.39 is 0 Å². The molecule has 3 nitrogen and oxygen atoms in total. The SMILES string of the molecule is CCCCCC(=O)ON=C(C)C. The van der Waals surface area contributed by atoms with E-state index in [4.69, 9.17) is 0 Å². The van der Waals surface area contributed by atoms with Crippen LogP contribution in [0.15, 0.2) is 5.16 Å². The molecule has 0 saturated heterocycles. The average Bonchev–Trinajstić information content (AvgIpc) is 2.01. The fourth-order valence-electron chi connectivity index (χ4n) is 0.707. The summed E-state index contributed by atoms with van der Waals surface area (Å²) in [6, 6.07) is 0. The van der Waals surface area contributed by atoms with Gasteiger partial charge in [0.25, 0.3) is 0 Å². The van der Waals surface area contributed by atoms with Crippen molar-refractivity contribution in [2.75, 3.05) is 0 Å². The van der Waals surface area contributed by atoms with Gasteiger partial charge in [-0.3, -0.25) is 0 Å². The molecule has 0 aliphatic rings. The Hall–Kier alpha value is -0.860. The number of carbonyl (C=O) groups is 1. The summed E-state index contributed by atoms with van der Waals surface area (Å²) in [5, 5.41) is 3.57. The van der Waals surface area contributed by atoms with Gasteiger partial charge in [-0.15, -0.1) is 0 Å². The Labute approximate surface area is 73.8 Å². The van der Waals surface area contributed by atoms with E-state index >= 15 is 0 Å². The number of carbonyl (C=O) groups excluding carboxylic acids is 1. The van der Waals surface area contributed by atoms with Gasteiger partial charge < -0.3 is 4.84 Å². The number of hydrogen-bond donors (Lipinski definition) is 0. The summed E-state index contributed by atoms with van der Waals surface area (Å²) in [5.41, 5.74) is 0.763. The van der Waals surface area contributed by atoms with Gasteiger partial charge in [-0.25, -0.2) is 4.79 Å². The summed E-state index contributed by atoms with van der Waals surface area (Å²) in [7, 11) is 0. The standard InChI is InChI=1S/C9H17NO2/c1-4-5-6-7-9(11)12-10-8(2)3/h4-7H2,1-3H3. The third kappa shape index (κ3) is 7.25. The van der Waals surface area contributed by atoms with Crippen molar-refractivity contribution in [1.82, 2.24) is 0 Å². The van der Waals surface area contributed by atoms with E-state index in [-0.39, 0.29) is 5.97 Å². The molecule has 3 heteroatoms. The highest BCUT2D eigenvalue weighted by Gasteiger charge is 2.00. The van der Waals surface area contributed by atoms with Crippen LogP contribution in [0.2, 0.25) is 0 Å². The van der Waals surface area contributed by atoms with Gasteiger partial charge >= 0.3 is 5.97 Å². The third-order valence-corrected chi connectivity index (χ3v) is 1.31. The molecule has 0 aromatic heterocycles. The third-order valence-electron chi connectivity index (χ3n) is 1.31. The van der Waals surface area contributed by atoms with Crippen LogP contribution < -0.4 is 0 Å². The minimum atomic E-state index is -0.232. The number of hydrogen-bond acceptors (Lipinski definition) is 3. The molecule has 0 spiro atoms. The van der Waals surface area contributed by atoms with Crippen LogP contribution in [0.25, 0.3) is 0 Å². The van der Waals surface area contributed by atoms with Crippen molar-refractivity contribution in [3.8, 4) is 0 Å². The maximum Gasteiger partial charge on any atom is 0.335 e. The molecule has 0 aliphatic carbocycles. The first-order chi connectivity index (χ1) is 5.66. The van der Waals surface area contributed by atoms with Crippen LogP contribution in [0, 0.1) is 0 Å². The second-order valence-corrected chi connectivity index (χ2v) is 2.96. The number of rotatable bonds is 5. The number of oxime groups is 1. The zero-order valence-corrected chi connectivity index (χ0v) is 8.09. The summed E-state index contributed by atoms with van der Waals surface area (Å²) in [4.78, 5) is 15.5. The van der Waals surface area contributed by atoms with E-state index in [0.717, 1.165) is 25.0 Å². The lowest BCUT2D eigenvalue weighted by molar-refractivity contribution is -0.143. The van der Waals surface area contributed by atoms with E-state index in [9.17, 15) is 4.79 Å². The second-order valence-electron chi connectivity index (χ2n) is 2.96. The van der Waals surface area contributed by atoms with E-state index in [1.165, 1.54) is 0 Å². The predicted molar refractivity (Wildman–Crippen MR) is 49.0 cm³/mol. The Morgan fingerprint density at radius 2 is 2.00 bits per heavy atom. The summed E-state index contributed by atoms with van der Waals surface area (Å²) in [5.74, 6) is -0.232. The molecular weight excluding hydrogens is 154 g/mol. The fourth-order valence-corrected chi connectivity index (χ4v) is 0.707. The highest BCUT2D eigenvalue weighted by Crippen LogP contribution is 2.00. The molecular formula is C9H17NO2. The molecule has 0 N–H and O–H groups in total.